The minimum absolute atomic E-state index is 0.101. The van der Waals surface area contributed by atoms with Gasteiger partial charge in [-0.2, -0.15) is 0 Å². The molecule has 0 aliphatic carbocycles. The van der Waals surface area contributed by atoms with Crippen molar-refractivity contribution in [3.05, 3.63) is 47.7 Å². The highest BCUT2D eigenvalue weighted by Crippen LogP contribution is 2.27. The molecule has 1 aromatic heterocycles. The van der Waals surface area contributed by atoms with E-state index in [1.165, 1.54) is 0 Å². The zero-order valence-electron chi connectivity index (χ0n) is 11.6. The fourth-order valence-electron chi connectivity index (χ4n) is 2.35. The Morgan fingerprint density at radius 1 is 1.27 bits per heavy atom. The standard InChI is InChI=1S/C15H13ClN4O2/c16-11-3-1-4-12(8-11)20-9-10(7-13(20)21)14(22)19-15-17-5-2-6-18-15/h1-6,8,10H,7,9H2,(H,17,18,19,22). The number of halogens is 1. The van der Waals surface area contributed by atoms with Crippen LogP contribution < -0.4 is 10.2 Å². The first kappa shape index (κ1) is 14.5. The van der Waals surface area contributed by atoms with Gasteiger partial charge in [0, 0.05) is 36.1 Å². The van der Waals surface area contributed by atoms with Gasteiger partial charge in [0.1, 0.15) is 0 Å². The largest absolute Gasteiger partial charge is 0.312 e. The van der Waals surface area contributed by atoms with Crippen molar-refractivity contribution in [3.63, 3.8) is 0 Å². The maximum Gasteiger partial charge on any atom is 0.232 e. The molecule has 1 aromatic carbocycles. The molecule has 0 radical (unpaired) electrons. The highest BCUT2D eigenvalue weighted by atomic mass is 35.5. The summed E-state index contributed by atoms with van der Waals surface area (Å²) < 4.78 is 0. The van der Waals surface area contributed by atoms with Crippen LogP contribution in [0.5, 0.6) is 0 Å². The van der Waals surface area contributed by atoms with Crippen LogP contribution in [-0.4, -0.2) is 28.3 Å². The highest BCUT2D eigenvalue weighted by Gasteiger charge is 2.35. The lowest BCUT2D eigenvalue weighted by Crippen LogP contribution is -2.28. The molecule has 7 heteroatoms. The van der Waals surface area contributed by atoms with E-state index in [1.807, 2.05) is 0 Å². The van der Waals surface area contributed by atoms with Crippen LogP contribution in [0.15, 0.2) is 42.7 Å². The maximum atomic E-state index is 12.2. The summed E-state index contributed by atoms with van der Waals surface area (Å²) in [5, 5.41) is 3.17. The predicted octanol–water partition coefficient (Wildman–Crippen LogP) is 2.12. The Hall–Kier alpha value is -2.47. The van der Waals surface area contributed by atoms with Crippen LogP contribution in [0.2, 0.25) is 5.02 Å². The Bertz CT molecular complexity index is 708. The van der Waals surface area contributed by atoms with Crippen molar-refractivity contribution in [2.75, 3.05) is 16.8 Å². The predicted molar refractivity (Wildman–Crippen MR) is 82.6 cm³/mol. The third-order valence-electron chi connectivity index (χ3n) is 3.42. The van der Waals surface area contributed by atoms with Crippen molar-refractivity contribution in [2.24, 2.45) is 5.92 Å². The summed E-state index contributed by atoms with van der Waals surface area (Å²) >= 11 is 5.94. The Morgan fingerprint density at radius 2 is 2.05 bits per heavy atom. The van der Waals surface area contributed by atoms with Gasteiger partial charge in [0.25, 0.3) is 0 Å². The van der Waals surface area contributed by atoms with Gasteiger partial charge in [0.05, 0.1) is 5.92 Å². The summed E-state index contributed by atoms with van der Waals surface area (Å²) in [6.45, 7) is 0.317. The summed E-state index contributed by atoms with van der Waals surface area (Å²) in [4.78, 5) is 33.8. The van der Waals surface area contributed by atoms with E-state index in [9.17, 15) is 9.59 Å². The highest BCUT2D eigenvalue weighted by molar-refractivity contribution is 6.31. The van der Waals surface area contributed by atoms with Gasteiger partial charge in [-0.3, -0.25) is 14.9 Å². The van der Waals surface area contributed by atoms with Crippen LogP contribution in [0.3, 0.4) is 0 Å². The van der Waals surface area contributed by atoms with Crippen molar-refractivity contribution >= 4 is 35.1 Å². The van der Waals surface area contributed by atoms with Crippen molar-refractivity contribution < 1.29 is 9.59 Å². The van der Waals surface area contributed by atoms with E-state index < -0.39 is 5.92 Å². The van der Waals surface area contributed by atoms with E-state index in [0.717, 1.165) is 0 Å². The zero-order valence-corrected chi connectivity index (χ0v) is 12.3. The molecule has 0 spiro atoms. The molecule has 1 aliphatic heterocycles. The average molecular weight is 317 g/mol. The second-order valence-electron chi connectivity index (χ2n) is 4.95. The van der Waals surface area contributed by atoms with E-state index in [1.54, 1.807) is 47.6 Å². The summed E-state index contributed by atoms with van der Waals surface area (Å²) in [5.41, 5.74) is 0.698. The third-order valence-corrected chi connectivity index (χ3v) is 3.65. The van der Waals surface area contributed by atoms with E-state index in [0.29, 0.717) is 17.3 Å². The smallest absolute Gasteiger partial charge is 0.232 e. The van der Waals surface area contributed by atoms with Crippen molar-refractivity contribution in [1.82, 2.24) is 9.97 Å². The molecule has 1 fully saturated rings. The van der Waals surface area contributed by atoms with Gasteiger partial charge in [-0.25, -0.2) is 9.97 Å². The number of nitrogens with zero attached hydrogens (tertiary/aromatic N) is 3. The van der Waals surface area contributed by atoms with Crippen LogP contribution >= 0.6 is 11.6 Å². The van der Waals surface area contributed by atoms with Crippen LogP contribution in [0.4, 0.5) is 11.6 Å². The molecule has 1 atom stereocenters. The number of anilines is 2. The van der Waals surface area contributed by atoms with E-state index in [-0.39, 0.29) is 24.2 Å². The number of hydrogen-bond donors (Lipinski definition) is 1. The minimum atomic E-state index is -0.435. The second-order valence-corrected chi connectivity index (χ2v) is 5.38. The quantitative estimate of drug-likeness (QED) is 0.941. The molecule has 1 saturated heterocycles. The SMILES string of the molecule is O=C(Nc1ncccn1)C1CC(=O)N(c2cccc(Cl)c2)C1. The van der Waals surface area contributed by atoms with Gasteiger partial charge in [-0.05, 0) is 24.3 Å². The third kappa shape index (κ3) is 3.07. The molecule has 2 aromatic rings. The molecule has 0 bridgehead atoms. The molecule has 1 aliphatic rings. The summed E-state index contributed by atoms with van der Waals surface area (Å²) in [6, 6.07) is 8.68. The number of benzene rings is 1. The van der Waals surface area contributed by atoms with Crippen molar-refractivity contribution in [1.29, 1.82) is 0 Å². The Kier molecular flexibility index (Phi) is 4.02. The van der Waals surface area contributed by atoms with Crippen LogP contribution in [-0.2, 0) is 9.59 Å². The Labute approximate surface area is 132 Å². The molecule has 6 nitrogen and oxygen atoms in total. The zero-order chi connectivity index (χ0) is 15.5. The van der Waals surface area contributed by atoms with Gasteiger partial charge in [0.15, 0.2) is 0 Å². The van der Waals surface area contributed by atoms with Gasteiger partial charge in [-0.15, -0.1) is 0 Å². The molecule has 22 heavy (non-hydrogen) atoms. The fourth-order valence-corrected chi connectivity index (χ4v) is 2.54. The van der Waals surface area contributed by atoms with Crippen LogP contribution in [0, 0.1) is 5.92 Å². The number of amides is 2. The number of carbonyl (C=O) groups excluding carboxylic acids is 2. The summed E-state index contributed by atoms with van der Waals surface area (Å²) in [7, 11) is 0. The van der Waals surface area contributed by atoms with Crippen LogP contribution in [0.1, 0.15) is 6.42 Å². The Balaban J connectivity index is 1.70. The molecule has 2 amide bonds. The molecule has 2 heterocycles. The lowest BCUT2D eigenvalue weighted by molar-refractivity contribution is -0.122. The van der Waals surface area contributed by atoms with Gasteiger partial charge >= 0.3 is 0 Å². The molecular weight excluding hydrogens is 304 g/mol. The van der Waals surface area contributed by atoms with Gasteiger partial charge in [0.2, 0.25) is 17.8 Å². The van der Waals surface area contributed by atoms with E-state index >= 15 is 0 Å². The van der Waals surface area contributed by atoms with Crippen LogP contribution in [0.25, 0.3) is 0 Å². The molecule has 1 unspecified atom stereocenters. The first-order chi connectivity index (χ1) is 10.6. The van der Waals surface area contributed by atoms with Crippen molar-refractivity contribution in [2.45, 2.75) is 6.42 Å². The Morgan fingerprint density at radius 3 is 2.77 bits per heavy atom. The molecular formula is C15H13ClN4O2. The number of nitrogens with one attached hydrogen (secondary N) is 1. The monoisotopic (exact) mass is 316 g/mol. The maximum absolute atomic E-state index is 12.2. The number of hydrogen-bond acceptors (Lipinski definition) is 4. The fraction of sp³-hybridized carbons (Fsp3) is 0.200. The van der Waals surface area contributed by atoms with Crippen molar-refractivity contribution in [3.8, 4) is 0 Å². The minimum Gasteiger partial charge on any atom is -0.312 e. The topological polar surface area (TPSA) is 75.2 Å². The molecule has 112 valence electrons. The normalized spacial score (nSPS) is 17.6. The van der Waals surface area contributed by atoms with Gasteiger partial charge in [-0.1, -0.05) is 17.7 Å². The number of aromatic nitrogens is 2. The number of rotatable bonds is 3. The first-order valence-electron chi connectivity index (χ1n) is 6.77. The lowest BCUT2D eigenvalue weighted by Gasteiger charge is -2.16. The molecule has 0 saturated carbocycles. The second kappa shape index (κ2) is 6.11. The molecule has 1 N–H and O–H groups in total. The summed E-state index contributed by atoms with van der Waals surface area (Å²) in [5.74, 6) is -0.558. The average Bonchev–Trinajstić information content (AvgIpc) is 2.90. The molecule has 3 rings (SSSR count). The first-order valence-corrected chi connectivity index (χ1v) is 7.15. The van der Waals surface area contributed by atoms with E-state index in [4.69, 9.17) is 11.6 Å². The van der Waals surface area contributed by atoms with Gasteiger partial charge < -0.3 is 4.90 Å². The number of carbonyl (C=O) groups is 2. The lowest BCUT2D eigenvalue weighted by atomic mass is 10.1. The summed E-state index contributed by atoms with van der Waals surface area (Å²) in [6.07, 6.45) is 3.24. The van der Waals surface area contributed by atoms with E-state index in [2.05, 4.69) is 15.3 Å².